The number of rotatable bonds is 5. The van der Waals surface area contributed by atoms with Crippen LogP contribution in [0.2, 0.25) is 0 Å². The lowest BCUT2D eigenvalue weighted by Crippen LogP contribution is -2.41. The second-order valence-corrected chi connectivity index (χ2v) is 7.33. The average Bonchev–Trinajstić information content (AvgIpc) is 2.68. The van der Waals surface area contributed by atoms with Gasteiger partial charge in [0.1, 0.15) is 0 Å². The minimum absolute atomic E-state index is 0.0156. The van der Waals surface area contributed by atoms with Crippen LogP contribution in [0.3, 0.4) is 0 Å². The van der Waals surface area contributed by atoms with Gasteiger partial charge in [0.05, 0.1) is 25.3 Å². The summed E-state index contributed by atoms with van der Waals surface area (Å²) in [6, 6.07) is 7.66. The highest BCUT2D eigenvalue weighted by Crippen LogP contribution is 2.23. The molecule has 1 heterocycles. The number of carbonyl (C=O) groups excluding carboxylic acids is 2. The van der Waals surface area contributed by atoms with E-state index < -0.39 is 0 Å². The SMILES string of the molecule is CC1CCC(NC(=O)CNc2ccccc2C(=O)N2CCOCC2)CC1. The molecule has 3 rings (SSSR count). The first-order valence-corrected chi connectivity index (χ1v) is 9.63. The maximum absolute atomic E-state index is 12.7. The monoisotopic (exact) mass is 359 g/mol. The van der Waals surface area contributed by atoms with Crippen LogP contribution in [-0.4, -0.2) is 55.6 Å². The van der Waals surface area contributed by atoms with Gasteiger partial charge in [0.15, 0.2) is 0 Å². The lowest BCUT2D eigenvalue weighted by atomic mass is 9.87. The number of nitrogens with one attached hydrogen (secondary N) is 2. The van der Waals surface area contributed by atoms with Crippen molar-refractivity contribution in [3.05, 3.63) is 29.8 Å². The van der Waals surface area contributed by atoms with Gasteiger partial charge in [0.2, 0.25) is 5.91 Å². The highest BCUT2D eigenvalue weighted by Gasteiger charge is 2.22. The predicted octanol–water partition coefficient (Wildman–Crippen LogP) is 2.27. The molecule has 1 saturated heterocycles. The molecule has 0 aromatic heterocycles. The van der Waals surface area contributed by atoms with Crippen LogP contribution in [0.4, 0.5) is 5.69 Å². The molecule has 1 aromatic carbocycles. The van der Waals surface area contributed by atoms with E-state index in [1.54, 1.807) is 11.0 Å². The first-order valence-electron chi connectivity index (χ1n) is 9.63. The number of hydrogen-bond acceptors (Lipinski definition) is 4. The minimum Gasteiger partial charge on any atom is -0.378 e. The first kappa shape index (κ1) is 18.7. The number of anilines is 1. The zero-order valence-corrected chi connectivity index (χ0v) is 15.5. The largest absolute Gasteiger partial charge is 0.378 e. The Hall–Kier alpha value is -2.08. The fourth-order valence-electron chi connectivity index (χ4n) is 3.62. The van der Waals surface area contributed by atoms with Gasteiger partial charge in [-0.2, -0.15) is 0 Å². The van der Waals surface area contributed by atoms with Crippen molar-refractivity contribution in [3.8, 4) is 0 Å². The maximum Gasteiger partial charge on any atom is 0.256 e. The van der Waals surface area contributed by atoms with Crippen LogP contribution in [0, 0.1) is 5.92 Å². The van der Waals surface area contributed by atoms with E-state index in [4.69, 9.17) is 4.74 Å². The van der Waals surface area contributed by atoms with Crippen molar-refractivity contribution < 1.29 is 14.3 Å². The number of nitrogens with zero attached hydrogens (tertiary/aromatic N) is 1. The van der Waals surface area contributed by atoms with Gasteiger partial charge in [0.25, 0.3) is 5.91 Å². The number of para-hydroxylation sites is 1. The van der Waals surface area contributed by atoms with Crippen LogP contribution in [-0.2, 0) is 9.53 Å². The molecule has 6 heteroatoms. The molecule has 2 amide bonds. The van der Waals surface area contributed by atoms with Crippen molar-refractivity contribution in [1.29, 1.82) is 0 Å². The Balaban J connectivity index is 1.54. The number of morpholine rings is 1. The van der Waals surface area contributed by atoms with Crippen LogP contribution in [0.15, 0.2) is 24.3 Å². The Morgan fingerprint density at radius 3 is 2.54 bits per heavy atom. The van der Waals surface area contributed by atoms with E-state index in [9.17, 15) is 9.59 Å². The van der Waals surface area contributed by atoms with E-state index in [-0.39, 0.29) is 24.4 Å². The van der Waals surface area contributed by atoms with E-state index in [0.717, 1.165) is 18.8 Å². The summed E-state index contributed by atoms with van der Waals surface area (Å²) in [6.07, 6.45) is 4.46. The zero-order chi connectivity index (χ0) is 18.4. The molecule has 2 N–H and O–H groups in total. The Labute approximate surface area is 155 Å². The molecule has 0 bridgehead atoms. The smallest absolute Gasteiger partial charge is 0.256 e. The van der Waals surface area contributed by atoms with Crippen LogP contribution in [0.5, 0.6) is 0 Å². The van der Waals surface area contributed by atoms with Crippen LogP contribution >= 0.6 is 0 Å². The summed E-state index contributed by atoms with van der Waals surface area (Å²) in [7, 11) is 0. The molecule has 26 heavy (non-hydrogen) atoms. The van der Waals surface area contributed by atoms with Gasteiger partial charge < -0.3 is 20.3 Å². The normalized spacial score (nSPS) is 23.3. The van der Waals surface area contributed by atoms with Gasteiger partial charge in [-0.05, 0) is 43.7 Å². The lowest BCUT2D eigenvalue weighted by Gasteiger charge is -2.28. The fraction of sp³-hybridized carbons (Fsp3) is 0.600. The van der Waals surface area contributed by atoms with Crippen LogP contribution in [0.1, 0.15) is 43.0 Å². The molecule has 0 spiro atoms. The van der Waals surface area contributed by atoms with Crippen molar-refractivity contribution in [2.75, 3.05) is 38.2 Å². The Kier molecular flexibility index (Phi) is 6.50. The third kappa shape index (κ3) is 4.97. The standard InChI is InChI=1S/C20H29N3O3/c1-15-6-8-16(9-7-15)22-19(24)14-21-18-5-3-2-4-17(18)20(25)23-10-12-26-13-11-23/h2-5,15-16,21H,6-14H2,1H3,(H,22,24). The molecule has 142 valence electrons. The van der Waals surface area contributed by atoms with Crippen LogP contribution < -0.4 is 10.6 Å². The molecule has 1 aromatic rings. The summed E-state index contributed by atoms with van der Waals surface area (Å²) in [5.74, 6) is 0.732. The third-order valence-electron chi connectivity index (χ3n) is 5.28. The highest BCUT2D eigenvalue weighted by molar-refractivity contribution is 6.00. The summed E-state index contributed by atoms with van der Waals surface area (Å²) >= 11 is 0. The first-order chi connectivity index (χ1) is 12.6. The predicted molar refractivity (Wildman–Crippen MR) is 101 cm³/mol. The summed E-state index contributed by atoms with van der Waals surface area (Å²) in [6.45, 7) is 4.80. The van der Waals surface area contributed by atoms with Gasteiger partial charge in [-0.1, -0.05) is 19.1 Å². The molecule has 2 aliphatic rings. The van der Waals surface area contributed by atoms with Crippen LogP contribution in [0.25, 0.3) is 0 Å². The van der Waals surface area contributed by atoms with Crippen molar-refractivity contribution in [2.24, 2.45) is 5.92 Å². The van der Waals surface area contributed by atoms with Crippen molar-refractivity contribution in [3.63, 3.8) is 0 Å². The fourth-order valence-corrected chi connectivity index (χ4v) is 3.62. The third-order valence-corrected chi connectivity index (χ3v) is 5.28. The number of hydrogen-bond donors (Lipinski definition) is 2. The molecular weight excluding hydrogens is 330 g/mol. The maximum atomic E-state index is 12.7. The Morgan fingerprint density at radius 2 is 1.81 bits per heavy atom. The molecule has 2 fully saturated rings. The molecule has 0 radical (unpaired) electrons. The van der Waals surface area contributed by atoms with Crippen molar-refractivity contribution >= 4 is 17.5 Å². The number of amides is 2. The molecule has 1 saturated carbocycles. The van der Waals surface area contributed by atoms with E-state index in [1.807, 2.05) is 18.2 Å². The van der Waals surface area contributed by atoms with E-state index >= 15 is 0 Å². The van der Waals surface area contributed by atoms with Gasteiger partial charge in [0, 0.05) is 24.8 Å². The summed E-state index contributed by atoms with van der Waals surface area (Å²) < 4.78 is 5.31. The van der Waals surface area contributed by atoms with Gasteiger partial charge in [-0.3, -0.25) is 9.59 Å². The lowest BCUT2D eigenvalue weighted by molar-refractivity contribution is -0.120. The van der Waals surface area contributed by atoms with E-state index in [1.165, 1.54) is 12.8 Å². The topological polar surface area (TPSA) is 70.7 Å². The number of benzene rings is 1. The molecule has 0 unspecified atom stereocenters. The van der Waals surface area contributed by atoms with Gasteiger partial charge >= 0.3 is 0 Å². The summed E-state index contributed by atoms with van der Waals surface area (Å²) in [5.41, 5.74) is 1.31. The number of carbonyl (C=O) groups is 2. The Morgan fingerprint density at radius 1 is 1.12 bits per heavy atom. The van der Waals surface area contributed by atoms with Gasteiger partial charge in [-0.25, -0.2) is 0 Å². The number of ether oxygens (including phenoxy) is 1. The molecular formula is C20H29N3O3. The summed E-state index contributed by atoms with van der Waals surface area (Å²) in [4.78, 5) is 26.8. The minimum atomic E-state index is -0.0157. The summed E-state index contributed by atoms with van der Waals surface area (Å²) in [5, 5.41) is 6.25. The van der Waals surface area contributed by atoms with E-state index in [2.05, 4.69) is 17.6 Å². The molecule has 1 aliphatic heterocycles. The zero-order valence-electron chi connectivity index (χ0n) is 15.5. The second kappa shape index (κ2) is 9.03. The molecule has 1 aliphatic carbocycles. The van der Waals surface area contributed by atoms with Crippen molar-refractivity contribution in [2.45, 2.75) is 38.6 Å². The van der Waals surface area contributed by atoms with E-state index in [0.29, 0.717) is 37.6 Å². The Bertz CT molecular complexity index is 620. The average molecular weight is 359 g/mol. The van der Waals surface area contributed by atoms with Crippen molar-refractivity contribution in [1.82, 2.24) is 10.2 Å². The molecule has 6 nitrogen and oxygen atoms in total. The van der Waals surface area contributed by atoms with Gasteiger partial charge in [-0.15, -0.1) is 0 Å². The quantitative estimate of drug-likeness (QED) is 0.846. The molecule has 0 atom stereocenters. The highest BCUT2D eigenvalue weighted by atomic mass is 16.5. The second-order valence-electron chi connectivity index (χ2n) is 7.33.